The number of carbonyl (C=O) groups excluding carboxylic acids is 1. The molecule has 2 aromatic carbocycles. The normalized spacial score (nSPS) is 11.8. The van der Waals surface area contributed by atoms with Crippen molar-refractivity contribution in [3.8, 4) is 23.0 Å². The first-order valence-electron chi connectivity index (χ1n) is 7.96. The van der Waals surface area contributed by atoms with Crippen LogP contribution < -0.4 is 4.74 Å². The van der Waals surface area contributed by atoms with Crippen LogP contribution in [0.4, 0.5) is 0 Å². The summed E-state index contributed by atoms with van der Waals surface area (Å²) in [6, 6.07) is 11.8. The lowest BCUT2D eigenvalue weighted by Crippen LogP contribution is -2.10. The zero-order valence-corrected chi connectivity index (χ0v) is 14.6. The smallest absolute Gasteiger partial charge is 0.342 e. The van der Waals surface area contributed by atoms with Gasteiger partial charge in [0.1, 0.15) is 17.1 Å². The lowest BCUT2D eigenvalue weighted by molar-refractivity contribution is 0.0276. The number of hydrogen-bond acceptors (Lipinski definition) is 7. The molecule has 0 radical (unpaired) electrons. The minimum atomic E-state index is -0.762. The largest absolute Gasteiger partial charge is 0.507 e. The van der Waals surface area contributed by atoms with E-state index in [1.165, 1.54) is 6.07 Å². The Bertz CT molecular complexity index is 918. The minimum absolute atomic E-state index is 0.0896. The van der Waals surface area contributed by atoms with Crippen LogP contribution in [0.5, 0.6) is 11.5 Å². The molecule has 7 heteroatoms. The van der Waals surface area contributed by atoms with E-state index >= 15 is 0 Å². The highest BCUT2D eigenvalue weighted by molar-refractivity contribution is 5.92. The molecule has 1 atom stereocenters. The fourth-order valence-electron chi connectivity index (χ4n) is 2.34. The van der Waals surface area contributed by atoms with E-state index in [9.17, 15) is 9.90 Å². The van der Waals surface area contributed by atoms with Gasteiger partial charge < -0.3 is 19.0 Å². The molecule has 26 heavy (non-hydrogen) atoms. The number of nitrogens with zero attached hydrogens (tertiary/aromatic N) is 2. The molecular formula is C19H18N2O5. The molecular weight excluding hydrogens is 336 g/mol. The molecule has 1 N–H and O–H groups in total. The zero-order valence-electron chi connectivity index (χ0n) is 14.6. The van der Waals surface area contributed by atoms with Crippen LogP contribution in [-0.4, -0.2) is 28.4 Å². The Morgan fingerprint density at radius 3 is 2.58 bits per heavy atom. The van der Waals surface area contributed by atoms with E-state index in [1.807, 2.05) is 6.92 Å². The third kappa shape index (κ3) is 3.66. The number of ether oxygens (including phenoxy) is 2. The summed E-state index contributed by atoms with van der Waals surface area (Å²) < 4.78 is 16.0. The number of methoxy groups -OCH3 is 1. The molecule has 0 fully saturated rings. The summed E-state index contributed by atoms with van der Waals surface area (Å²) in [5.41, 5.74) is 1.65. The maximum Gasteiger partial charge on any atom is 0.342 e. The van der Waals surface area contributed by atoms with E-state index < -0.39 is 12.1 Å². The highest BCUT2D eigenvalue weighted by atomic mass is 16.6. The van der Waals surface area contributed by atoms with Gasteiger partial charge in [-0.05, 0) is 50.2 Å². The van der Waals surface area contributed by atoms with E-state index in [0.717, 1.165) is 11.1 Å². The first-order chi connectivity index (χ1) is 12.5. The number of phenolic OH excluding ortho intramolecular Hbond substituents is 1. The zero-order chi connectivity index (χ0) is 18.7. The molecule has 1 unspecified atom stereocenters. The Hall–Kier alpha value is -3.35. The maximum absolute atomic E-state index is 12.3. The van der Waals surface area contributed by atoms with Crippen molar-refractivity contribution in [2.24, 2.45) is 0 Å². The Morgan fingerprint density at radius 1 is 1.15 bits per heavy atom. The summed E-state index contributed by atoms with van der Waals surface area (Å²) in [4.78, 5) is 12.3. The van der Waals surface area contributed by atoms with E-state index in [0.29, 0.717) is 11.6 Å². The minimum Gasteiger partial charge on any atom is -0.507 e. The average Bonchev–Trinajstić information content (AvgIpc) is 3.14. The molecule has 134 valence electrons. The van der Waals surface area contributed by atoms with Crippen molar-refractivity contribution in [2.75, 3.05) is 7.11 Å². The number of benzene rings is 2. The number of phenols is 1. The molecule has 1 heterocycles. The SMILES string of the molecule is COc1ccc(-c2nnc(C(C)OC(=O)c3cc(C)ccc3O)o2)cc1. The summed E-state index contributed by atoms with van der Waals surface area (Å²) in [5, 5.41) is 17.7. The quantitative estimate of drug-likeness (QED) is 0.698. The van der Waals surface area contributed by atoms with Crippen molar-refractivity contribution >= 4 is 5.97 Å². The number of hydrogen-bond donors (Lipinski definition) is 1. The van der Waals surface area contributed by atoms with Gasteiger partial charge >= 0.3 is 5.97 Å². The Morgan fingerprint density at radius 2 is 1.88 bits per heavy atom. The Kier molecular flexibility index (Phi) is 4.88. The first-order valence-corrected chi connectivity index (χ1v) is 7.96. The Labute approximate surface area is 150 Å². The second-order valence-electron chi connectivity index (χ2n) is 5.74. The standard InChI is InChI=1S/C19H18N2O5/c1-11-4-9-16(22)15(10-11)19(23)25-12(2)17-20-21-18(26-17)13-5-7-14(24-3)8-6-13/h4-10,12,22H,1-3H3. The van der Waals surface area contributed by atoms with Gasteiger partial charge in [0.2, 0.25) is 5.89 Å². The predicted molar refractivity (Wildman–Crippen MR) is 93.0 cm³/mol. The molecule has 0 aliphatic rings. The summed E-state index contributed by atoms with van der Waals surface area (Å²) in [7, 11) is 1.59. The van der Waals surface area contributed by atoms with Gasteiger partial charge in [-0.25, -0.2) is 4.79 Å². The van der Waals surface area contributed by atoms with E-state index in [2.05, 4.69) is 10.2 Å². The van der Waals surface area contributed by atoms with Gasteiger partial charge in [-0.2, -0.15) is 0 Å². The number of esters is 1. The van der Waals surface area contributed by atoms with Gasteiger partial charge in [-0.3, -0.25) is 0 Å². The molecule has 0 bridgehead atoms. The Balaban J connectivity index is 1.74. The lowest BCUT2D eigenvalue weighted by atomic mass is 10.1. The van der Waals surface area contributed by atoms with Crippen LogP contribution in [0.3, 0.4) is 0 Å². The third-order valence-corrected chi connectivity index (χ3v) is 3.78. The predicted octanol–water partition coefficient (Wildman–Crippen LogP) is 3.68. The van der Waals surface area contributed by atoms with Crippen LogP contribution >= 0.6 is 0 Å². The first kappa shape index (κ1) is 17.5. The average molecular weight is 354 g/mol. The number of aryl methyl sites for hydroxylation is 1. The van der Waals surface area contributed by atoms with Crippen molar-refractivity contribution in [1.29, 1.82) is 0 Å². The van der Waals surface area contributed by atoms with Gasteiger partial charge in [0, 0.05) is 5.56 Å². The third-order valence-electron chi connectivity index (χ3n) is 3.78. The van der Waals surface area contributed by atoms with Crippen molar-refractivity contribution in [2.45, 2.75) is 20.0 Å². The van der Waals surface area contributed by atoms with Crippen LogP contribution in [0, 0.1) is 6.92 Å². The topological polar surface area (TPSA) is 94.7 Å². The van der Waals surface area contributed by atoms with E-state index in [-0.39, 0.29) is 17.2 Å². The summed E-state index contributed by atoms with van der Waals surface area (Å²) >= 11 is 0. The fourth-order valence-corrected chi connectivity index (χ4v) is 2.34. The van der Waals surface area contributed by atoms with Crippen LogP contribution in [0.2, 0.25) is 0 Å². The maximum atomic E-state index is 12.3. The fraction of sp³-hybridized carbons (Fsp3) is 0.211. The number of carbonyl (C=O) groups is 1. The van der Waals surface area contributed by atoms with Crippen LogP contribution in [0.15, 0.2) is 46.9 Å². The van der Waals surface area contributed by atoms with E-state index in [1.54, 1.807) is 50.4 Å². The monoisotopic (exact) mass is 354 g/mol. The molecule has 0 saturated heterocycles. The molecule has 0 spiro atoms. The molecule has 3 rings (SSSR count). The lowest BCUT2D eigenvalue weighted by Gasteiger charge is -2.10. The highest BCUT2D eigenvalue weighted by Crippen LogP contribution is 2.26. The highest BCUT2D eigenvalue weighted by Gasteiger charge is 2.21. The number of aromatic nitrogens is 2. The van der Waals surface area contributed by atoms with E-state index in [4.69, 9.17) is 13.9 Å². The van der Waals surface area contributed by atoms with Gasteiger partial charge in [0.15, 0.2) is 6.10 Å². The summed E-state index contributed by atoms with van der Waals surface area (Å²) in [6.07, 6.45) is -0.762. The van der Waals surface area contributed by atoms with Crippen molar-refractivity contribution in [3.05, 3.63) is 59.5 Å². The van der Waals surface area contributed by atoms with Crippen LogP contribution in [-0.2, 0) is 4.74 Å². The molecule has 7 nitrogen and oxygen atoms in total. The van der Waals surface area contributed by atoms with Crippen molar-refractivity contribution < 1.29 is 23.8 Å². The van der Waals surface area contributed by atoms with Crippen LogP contribution in [0.25, 0.3) is 11.5 Å². The van der Waals surface area contributed by atoms with Gasteiger partial charge in [-0.15, -0.1) is 10.2 Å². The number of aromatic hydroxyl groups is 1. The van der Waals surface area contributed by atoms with Gasteiger partial charge in [-0.1, -0.05) is 11.6 Å². The van der Waals surface area contributed by atoms with Crippen molar-refractivity contribution in [3.63, 3.8) is 0 Å². The second kappa shape index (κ2) is 7.26. The molecule has 0 amide bonds. The van der Waals surface area contributed by atoms with Gasteiger partial charge in [0.25, 0.3) is 5.89 Å². The van der Waals surface area contributed by atoms with Crippen LogP contribution in [0.1, 0.15) is 34.8 Å². The molecule has 1 aromatic heterocycles. The summed E-state index contributed by atoms with van der Waals surface area (Å²) in [5.74, 6) is 0.383. The van der Waals surface area contributed by atoms with Crippen molar-refractivity contribution in [1.82, 2.24) is 10.2 Å². The second-order valence-corrected chi connectivity index (χ2v) is 5.74. The molecule has 0 saturated carbocycles. The molecule has 0 aliphatic carbocycles. The van der Waals surface area contributed by atoms with Gasteiger partial charge in [0.05, 0.1) is 7.11 Å². The molecule has 3 aromatic rings. The summed E-state index contributed by atoms with van der Waals surface area (Å²) in [6.45, 7) is 3.44. The molecule has 0 aliphatic heterocycles. The number of rotatable bonds is 5.